The smallest absolute Gasteiger partial charge is 0.228 e. The van der Waals surface area contributed by atoms with Crippen molar-refractivity contribution in [2.75, 3.05) is 68.1 Å². The Morgan fingerprint density at radius 3 is 2.67 bits per heavy atom. The summed E-state index contributed by atoms with van der Waals surface area (Å²) < 4.78 is 24.4. The van der Waals surface area contributed by atoms with Crippen LogP contribution in [0.2, 0.25) is 0 Å². The van der Waals surface area contributed by atoms with E-state index < -0.39 is 0 Å². The van der Waals surface area contributed by atoms with Gasteiger partial charge in [-0.15, -0.1) is 0 Å². The predicted molar refractivity (Wildman–Crippen MR) is 130 cm³/mol. The molecule has 33 heavy (non-hydrogen) atoms. The van der Waals surface area contributed by atoms with Crippen molar-refractivity contribution in [3.05, 3.63) is 35.8 Å². The van der Waals surface area contributed by atoms with Crippen LogP contribution < -0.4 is 20.9 Å². The van der Waals surface area contributed by atoms with Gasteiger partial charge in [0, 0.05) is 51.1 Å². The van der Waals surface area contributed by atoms with Gasteiger partial charge < -0.3 is 35.7 Å². The standard InChI is InChI=1S/C23H34FN7O2/c1-4-32-13-11-27-21-20(19(25)15-33-5-2)29-23(31-12-10-26-16(3)14-31)30-22(21)28-18-8-6-17(24)7-9-18/h6-9,16,25-27H,4-5,10-15H2,1-3H3,(H,28,29,30). The summed E-state index contributed by atoms with van der Waals surface area (Å²) in [6, 6.07) is 6.38. The zero-order chi connectivity index (χ0) is 23.6. The summed E-state index contributed by atoms with van der Waals surface area (Å²) in [5.41, 5.74) is 2.01. The number of piperazine rings is 1. The molecule has 0 amide bonds. The van der Waals surface area contributed by atoms with Crippen molar-refractivity contribution in [1.29, 1.82) is 5.41 Å². The Balaban J connectivity index is 2.02. The fourth-order valence-corrected chi connectivity index (χ4v) is 3.52. The van der Waals surface area contributed by atoms with Crippen LogP contribution in [0.4, 0.5) is 27.5 Å². The fourth-order valence-electron chi connectivity index (χ4n) is 3.52. The molecule has 1 aromatic heterocycles. The zero-order valence-electron chi connectivity index (χ0n) is 19.6. The van der Waals surface area contributed by atoms with Gasteiger partial charge in [0.25, 0.3) is 0 Å². The first-order valence-corrected chi connectivity index (χ1v) is 11.4. The maximum absolute atomic E-state index is 13.4. The fraction of sp³-hybridized carbons (Fsp3) is 0.522. The molecule has 0 saturated carbocycles. The van der Waals surface area contributed by atoms with E-state index >= 15 is 0 Å². The first kappa shape index (κ1) is 24.8. The highest BCUT2D eigenvalue weighted by atomic mass is 19.1. The predicted octanol–water partition coefficient (Wildman–Crippen LogP) is 3.01. The van der Waals surface area contributed by atoms with Crippen LogP contribution in [0.25, 0.3) is 0 Å². The van der Waals surface area contributed by atoms with Crippen LogP contribution in [0.15, 0.2) is 24.3 Å². The number of aromatic nitrogens is 2. The van der Waals surface area contributed by atoms with E-state index in [1.165, 1.54) is 12.1 Å². The molecule has 1 aliphatic heterocycles. The lowest BCUT2D eigenvalue weighted by molar-refractivity contribution is 0.158. The summed E-state index contributed by atoms with van der Waals surface area (Å²) in [6.45, 7) is 10.6. The molecular weight excluding hydrogens is 425 g/mol. The van der Waals surface area contributed by atoms with E-state index in [4.69, 9.17) is 24.9 Å². The highest BCUT2D eigenvalue weighted by Crippen LogP contribution is 2.30. The van der Waals surface area contributed by atoms with E-state index in [1.54, 1.807) is 12.1 Å². The van der Waals surface area contributed by atoms with Crippen molar-refractivity contribution < 1.29 is 13.9 Å². The van der Waals surface area contributed by atoms with Gasteiger partial charge in [-0.1, -0.05) is 0 Å². The summed E-state index contributed by atoms with van der Waals surface area (Å²) in [5.74, 6) is 0.748. The van der Waals surface area contributed by atoms with Gasteiger partial charge in [0.2, 0.25) is 5.95 Å². The van der Waals surface area contributed by atoms with Gasteiger partial charge in [-0.25, -0.2) is 9.37 Å². The molecule has 2 heterocycles. The van der Waals surface area contributed by atoms with Gasteiger partial charge in [0.15, 0.2) is 5.82 Å². The molecule has 0 spiro atoms. The minimum Gasteiger partial charge on any atom is -0.380 e. The number of nitrogens with zero attached hydrogens (tertiary/aromatic N) is 3. The van der Waals surface area contributed by atoms with Gasteiger partial charge in [0.05, 0.1) is 18.9 Å². The Kier molecular flexibility index (Phi) is 9.35. The minimum absolute atomic E-state index is 0.140. The van der Waals surface area contributed by atoms with Gasteiger partial charge in [-0.05, 0) is 45.0 Å². The number of halogens is 1. The summed E-state index contributed by atoms with van der Waals surface area (Å²) in [4.78, 5) is 11.7. The molecule has 3 rings (SSSR count). The Morgan fingerprint density at radius 2 is 1.97 bits per heavy atom. The Labute approximate surface area is 194 Å². The average Bonchev–Trinajstić information content (AvgIpc) is 2.82. The van der Waals surface area contributed by atoms with Gasteiger partial charge >= 0.3 is 0 Å². The van der Waals surface area contributed by atoms with Gasteiger partial charge in [0.1, 0.15) is 17.2 Å². The number of ether oxygens (including phenoxy) is 2. The topological polar surface area (TPSA) is 107 Å². The number of hydrogen-bond donors (Lipinski definition) is 4. The molecule has 0 radical (unpaired) electrons. The monoisotopic (exact) mass is 459 g/mol. The van der Waals surface area contributed by atoms with Crippen molar-refractivity contribution in [1.82, 2.24) is 15.3 Å². The SMILES string of the molecule is CCOCCNc1c(Nc2ccc(F)cc2)nc(N2CCNC(C)C2)nc1C(=N)COCC. The van der Waals surface area contributed by atoms with Crippen LogP contribution in [-0.2, 0) is 9.47 Å². The number of rotatable bonds is 12. The number of hydrogen-bond acceptors (Lipinski definition) is 9. The third-order valence-electron chi connectivity index (χ3n) is 5.14. The molecule has 1 aliphatic rings. The van der Waals surface area contributed by atoms with Crippen LogP contribution in [0, 0.1) is 11.2 Å². The minimum atomic E-state index is -0.312. The lowest BCUT2D eigenvalue weighted by Crippen LogP contribution is -2.50. The van der Waals surface area contributed by atoms with E-state index in [9.17, 15) is 4.39 Å². The zero-order valence-corrected chi connectivity index (χ0v) is 19.6. The normalized spacial score (nSPS) is 16.0. The second kappa shape index (κ2) is 12.4. The molecule has 10 heteroatoms. The molecule has 180 valence electrons. The van der Waals surface area contributed by atoms with Crippen molar-refractivity contribution in [3.63, 3.8) is 0 Å². The largest absolute Gasteiger partial charge is 0.380 e. The van der Waals surface area contributed by atoms with Crippen LogP contribution in [0.3, 0.4) is 0 Å². The molecule has 0 aliphatic carbocycles. The Morgan fingerprint density at radius 1 is 1.21 bits per heavy atom. The first-order chi connectivity index (χ1) is 16.0. The van der Waals surface area contributed by atoms with E-state index in [1.807, 2.05) is 13.8 Å². The second-order valence-electron chi connectivity index (χ2n) is 7.77. The summed E-state index contributed by atoms with van der Waals surface area (Å²) in [5, 5.41) is 18.7. The molecular formula is C23H34FN7O2. The van der Waals surface area contributed by atoms with E-state index in [0.717, 1.165) is 19.6 Å². The Hall–Kier alpha value is -2.82. The molecule has 9 nitrogen and oxygen atoms in total. The first-order valence-electron chi connectivity index (χ1n) is 11.4. The average molecular weight is 460 g/mol. The molecule has 1 saturated heterocycles. The van der Waals surface area contributed by atoms with Crippen molar-refractivity contribution in [2.45, 2.75) is 26.8 Å². The third-order valence-corrected chi connectivity index (χ3v) is 5.14. The number of nitrogens with one attached hydrogen (secondary N) is 4. The maximum Gasteiger partial charge on any atom is 0.228 e. The molecule has 1 fully saturated rings. The summed E-state index contributed by atoms with van der Waals surface area (Å²) in [6.07, 6.45) is 0. The van der Waals surface area contributed by atoms with Crippen molar-refractivity contribution in [3.8, 4) is 0 Å². The highest BCUT2D eigenvalue weighted by Gasteiger charge is 2.24. The van der Waals surface area contributed by atoms with E-state index in [0.29, 0.717) is 61.2 Å². The van der Waals surface area contributed by atoms with Crippen LogP contribution in [0.1, 0.15) is 26.5 Å². The van der Waals surface area contributed by atoms with Crippen molar-refractivity contribution in [2.24, 2.45) is 0 Å². The number of benzene rings is 1. The van der Waals surface area contributed by atoms with Crippen LogP contribution in [0.5, 0.6) is 0 Å². The molecule has 4 N–H and O–H groups in total. The van der Waals surface area contributed by atoms with Crippen LogP contribution in [-0.4, -0.2) is 74.3 Å². The molecule has 1 aromatic carbocycles. The molecule has 1 atom stereocenters. The molecule has 1 unspecified atom stereocenters. The van der Waals surface area contributed by atoms with Gasteiger partial charge in [-0.3, -0.25) is 0 Å². The second-order valence-corrected chi connectivity index (χ2v) is 7.77. The van der Waals surface area contributed by atoms with E-state index in [2.05, 4.69) is 27.8 Å². The summed E-state index contributed by atoms with van der Waals surface area (Å²) in [7, 11) is 0. The molecule has 2 aromatic rings. The third kappa shape index (κ3) is 7.08. The Bertz CT molecular complexity index is 910. The van der Waals surface area contributed by atoms with Crippen molar-refractivity contribution >= 4 is 28.9 Å². The van der Waals surface area contributed by atoms with E-state index in [-0.39, 0.29) is 18.1 Å². The molecule has 0 bridgehead atoms. The lowest BCUT2D eigenvalue weighted by atomic mass is 10.2. The number of anilines is 4. The highest BCUT2D eigenvalue weighted by molar-refractivity contribution is 6.04. The summed E-state index contributed by atoms with van der Waals surface area (Å²) >= 11 is 0. The van der Waals surface area contributed by atoms with Crippen LogP contribution >= 0.6 is 0 Å². The van der Waals surface area contributed by atoms with Gasteiger partial charge in [-0.2, -0.15) is 4.98 Å². The lowest BCUT2D eigenvalue weighted by Gasteiger charge is -2.32. The quantitative estimate of drug-likeness (QED) is 0.283. The maximum atomic E-state index is 13.4.